The lowest BCUT2D eigenvalue weighted by Gasteiger charge is -2.38. The number of hydrogen-bond donors (Lipinski definition) is 3. The summed E-state index contributed by atoms with van der Waals surface area (Å²) in [5.74, 6) is -1.23. The second-order valence-electron chi connectivity index (χ2n) is 6.11. The molecule has 0 aromatic heterocycles. The molecule has 2 amide bonds. The van der Waals surface area contributed by atoms with Gasteiger partial charge in [0.1, 0.15) is 5.82 Å². The molecule has 1 aliphatic rings. The van der Waals surface area contributed by atoms with E-state index >= 15 is 0 Å². The number of amides is 2. The number of benzene rings is 1. The third-order valence-electron chi connectivity index (χ3n) is 4.17. The summed E-state index contributed by atoms with van der Waals surface area (Å²) < 4.78 is 20.0. The minimum absolute atomic E-state index is 0.00339. The zero-order valence-corrected chi connectivity index (χ0v) is 15.4. The van der Waals surface area contributed by atoms with Gasteiger partial charge in [-0.05, 0) is 19.1 Å². The molecule has 7 nitrogen and oxygen atoms in total. The van der Waals surface area contributed by atoms with Crippen LogP contribution in [0.4, 0.5) is 4.39 Å². The summed E-state index contributed by atoms with van der Waals surface area (Å²) in [5, 5.41) is 5.43. The first-order valence-electron chi connectivity index (χ1n) is 8.45. The lowest BCUT2D eigenvalue weighted by molar-refractivity contribution is -0.125. The number of rotatable bonds is 7. The summed E-state index contributed by atoms with van der Waals surface area (Å²) in [5.41, 5.74) is 5.52. The van der Waals surface area contributed by atoms with E-state index in [1.807, 2.05) is 11.8 Å². The Balaban J connectivity index is 2.11. The molecule has 2 atom stereocenters. The van der Waals surface area contributed by atoms with Crippen molar-refractivity contribution in [3.63, 3.8) is 0 Å². The average molecular weight is 387 g/mol. The fourth-order valence-electron chi connectivity index (χ4n) is 2.90. The minimum Gasteiger partial charge on any atom is -0.376 e. The number of nitrogens with zero attached hydrogens (tertiary/aromatic N) is 1. The van der Waals surface area contributed by atoms with E-state index in [2.05, 4.69) is 10.6 Å². The summed E-state index contributed by atoms with van der Waals surface area (Å²) >= 11 is 6.24. The molecule has 0 aliphatic carbocycles. The van der Waals surface area contributed by atoms with Gasteiger partial charge < -0.3 is 21.1 Å². The van der Waals surface area contributed by atoms with Gasteiger partial charge in [-0.15, -0.1) is 0 Å². The largest absolute Gasteiger partial charge is 0.376 e. The Hall–Kier alpha value is -1.74. The zero-order chi connectivity index (χ0) is 19.1. The molecular weight excluding hydrogens is 363 g/mol. The van der Waals surface area contributed by atoms with Gasteiger partial charge in [0.25, 0.3) is 0 Å². The second kappa shape index (κ2) is 9.82. The van der Waals surface area contributed by atoms with E-state index in [-0.39, 0.29) is 31.6 Å². The highest BCUT2D eigenvalue weighted by molar-refractivity contribution is 6.31. The molecular formula is C17H24ClFN4O3. The van der Waals surface area contributed by atoms with E-state index in [0.717, 1.165) is 0 Å². The van der Waals surface area contributed by atoms with Crippen molar-refractivity contribution in [1.29, 1.82) is 0 Å². The third-order valence-corrected chi connectivity index (χ3v) is 4.50. The van der Waals surface area contributed by atoms with Crippen molar-refractivity contribution >= 4 is 23.4 Å². The van der Waals surface area contributed by atoms with Crippen molar-refractivity contribution in [1.82, 2.24) is 15.5 Å². The van der Waals surface area contributed by atoms with E-state index in [1.54, 1.807) is 12.1 Å². The van der Waals surface area contributed by atoms with E-state index in [9.17, 15) is 14.0 Å². The number of halogens is 2. The monoisotopic (exact) mass is 386 g/mol. The van der Waals surface area contributed by atoms with Gasteiger partial charge in [-0.3, -0.25) is 14.5 Å². The van der Waals surface area contributed by atoms with Gasteiger partial charge in [0.2, 0.25) is 11.8 Å². The van der Waals surface area contributed by atoms with Gasteiger partial charge in [-0.2, -0.15) is 0 Å². The molecule has 1 saturated heterocycles. The molecule has 4 N–H and O–H groups in total. The summed E-state index contributed by atoms with van der Waals surface area (Å²) in [7, 11) is 0. The van der Waals surface area contributed by atoms with Crippen LogP contribution in [0.1, 0.15) is 18.5 Å². The molecule has 0 radical (unpaired) electrons. The molecule has 26 heavy (non-hydrogen) atoms. The van der Waals surface area contributed by atoms with E-state index < -0.39 is 17.8 Å². The molecule has 9 heteroatoms. The maximum absolute atomic E-state index is 14.5. The smallest absolute Gasteiger partial charge is 0.239 e. The minimum atomic E-state index is -0.441. The van der Waals surface area contributed by atoms with E-state index in [1.165, 1.54) is 6.07 Å². The normalized spacial score (nSPS) is 19.0. The number of morpholine rings is 1. The predicted octanol–water partition coefficient (Wildman–Crippen LogP) is 0.432. The highest BCUT2D eigenvalue weighted by Crippen LogP contribution is 2.30. The number of carbonyl (C=O) groups excluding carboxylic acids is 2. The molecule has 1 aromatic rings. The zero-order valence-electron chi connectivity index (χ0n) is 14.6. The quantitative estimate of drug-likeness (QED) is 0.631. The lowest BCUT2D eigenvalue weighted by Crippen LogP contribution is -2.48. The predicted molar refractivity (Wildman–Crippen MR) is 96.2 cm³/mol. The van der Waals surface area contributed by atoms with Gasteiger partial charge in [-0.1, -0.05) is 17.7 Å². The Morgan fingerprint density at radius 2 is 2.19 bits per heavy atom. The van der Waals surface area contributed by atoms with Gasteiger partial charge in [0, 0.05) is 30.2 Å². The first-order valence-corrected chi connectivity index (χ1v) is 8.83. The molecule has 1 heterocycles. The summed E-state index contributed by atoms with van der Waals surface area (Å²) in [6.45, 7) is 3.43. The maximum Gasteiger partial charge on any atom is 0.239 e. The number of carbonyl (C=O) groups is 2. The molecule has 2 rings (SSSR count). The first-order chi connectivity index (χ1) is 12.4. The van der Waals surface area contributed by atoms with Crippen LogP contribution in [0.5, 0.6) is 0 Å². The Bertz CT molecular complexity index is 626. The van der Waals surface area contributed by atoms with E-state index in [0.29, 0.717) is 30.3 Å². The van der Waals surface area contributed by atoms with Gasteiger partial charge >= 0.3 is 0 Å². The van der Waals surface area contributed by atoms with Crippen LogP contribution in [0.3, 0.4) is 0 Å². The fourth-order valence-corrected chi connectivity index (χ4v) is 3.18. The fraction of sp³-hybridized carbons (Fsp3) is 0.529. The first kappa shape index (κ1) is 20.6. The van der Waals surface area contributed by atoms with Crippen molar-refractivity contribution in [2.45, 2.75) is 19.1 Å². The number of nitrogens with two attached hydrogens (primary N) is 1. The number of hydrogen-bond acceptors (Lipinski definition) is 5. The highest BCUT2D eigenvalue weighted by Gasteiger charge is 2.29. The van der Waals surface area contributed by atoms with E-state index in [4.69, 9.17) is 22.1 Å². The topological polar surface area (TPSA) is 96.7 Å². The van der Waals surface area contributed by atoms with Crippen LogP contribution in [0.25, 0.3) is 0 Å². The number of nitrogens with one attached hydrogen (secondary N) is 2. The van der Waals surface area contributed by atoms with Crippen LogP contribution in [-0.2, 0) is 14.3 Å². The second-order valence-corrected chi connectivity index (χ2v) is 6.52. The van der Waals surface area contributed by atoms with Crippen LogP contribution in [0, 0.1) is 5.82 Å². The molecule has 1 fully saturated rings. The van der Waals surface area contributed by atoms with Crippen LogP contribution >= 0.6 is 11.6 Å². The molecule has 1 aliphatic heterocycles. The lowest BCUT2D eigenvalue weighted by atomic mass is 10.0. The van der Waals surface area contributed by atoms with Crippen molar-refractivity contribution in [3.8, 4) is 0 Å². The average Bonchev–Trinajstić information content (AvgIpc) is 2.62. The van der Waals surface area contributed by atoms with Crippen LogP contribution in [0.2, 0.25) is 5.02 Å². The van der Waals surface area contributed by atoms with Crippen molar-refractivity contribution < 1.29 is 18.7 Å². The molecule has 0 bridgehead atoms. The van der Waals surface area contributed by atoms with Gasteiger partial charge in [-0.25, -0.2) is 4.39 Å². The maximum atomic E-state index is 14.5. The SMILES string of the molecule is CC1CN(C(CNC(=O)CNC(=O)CN)c2c(F)cccc2Cl)CCO1. The Morgan fingerprint density at radius 3 is 2.85 bits per heavy atom. The molecule has 0 saturated carbocycles. The molecule has 144 valence electrons. The Labute approximate surface area is 157 Å². The Morgan fingerprint density at radius 1 is 1.42 bits per heavy atom. The Kier molecular flexibility index (Phi) is 7.77. The standard InChI is InChI=1S/C17H24ClFN4O3/c1-11-10-23(5-6-26-11)14(17-12(18)3-2-4-13(17)19)8-21-16(25)9-22-15(24)7-20/h2-4,11,14H,5-10,20H2,1H3,(H,21,25)(H,22,24). The van der Waals surface area contributed by atoms with Crippen LogP contribution in [0.15, 0.2) is 18.2 Å². The molecule has 0 spiro atoms. The molecule has 2 unspecified atom stereocenters. The third kappa shape index (κ3) is 5.63. The van der Waals surface area contributed by atoms with Crippen molar-refractivity contribution in [3.05, 3.63) is 34.6 Å². The van der Waals surface area contributed by atoms with Gasteiger partial charge in [0.05, 0.1) is 31.8 Å². The highest BCUT2D eigenvalue weighted by atomic mass is 35.5. The van der Waals surface area contributed by atoms with Crippen LogP contribution in [-0.4, -0.2) is 62.1 Å². The summed E-state index contributed by atoms with van der Waals surface area (Å²) in [6.07, 6.45) is -0.00339. The summed E-state index contributed by atoms with van der Waals surface area (Å²) in [6, 6.07) is 4.08. The van der Waals surface area contributed by atoms with Crippen molar-refractivity contribution in [2.24, 2.45) is 5.73 Å². The van der Waals surface area contributed by atoms with Crippen LogP contribution < -0.4 is 16.4 Å². The molecule has 1 aromatic carbocycles. The number of ether oxygens (including phenoxy) is 1. The van der Waals surface area contributed by atoms with Gasteiger partial charge in [0.15, 0.2) is 0 Å². The summed E-state index contributed by atoms with van der Waals surface area (Å²) in [4.78, 5) is 25.2. The van der Waals surface area contributed by atoms with Crippen molar-refractivity contribution in [2.75, 3.05) is 39.3 Å².